The molecule has 0 unspecified atom stereocenters. The van der Waals surface area contributed by atoms with Crippen molar-refractivity contribution < 1.29 is 32.2 Å². The summed E-state index contributed by atoms with van der Waals surface area (Å²) in [5.74, 6) is 0.0235. The second-order valence-corrected chi connectivity index (χ2v) is 7.05. The molecular formula is C25H21F3N2O4. The third-order valence-electron chi connectivity index (χ3n) is 4.67. The number of alkyl halides is 3. The number of anilines is 2. The highest BCUT2D eigenvalue weighted by molar-refractivity contribution is 6.06. The smallest absolute Gasteiger partial charge is 0.416 e. The molecular weight excluding hydrogens is 449 g/mol. The van der Waals surface area contributed by atoms with Crippen LogP contribution in [0.3, 0.4) is 0 Å². The summed E-state index contributed by atoms with van der Waals surface area (Å²) in [7, 11) is 3.03. The fourth-order valence-corrected chi connectivity index (χ4v) is 3.03. The van der Waals surface area contributed by atoms with Crippen LogP contribution in [-0.4, -0.2) is 26.0 Å². The van der Waals surface area contributed by atoms with E-state index in [4.69, 9.17) is 9.47 Å². The lowest BCUT2D eigenvalue weighted by Gasteiger charge is -2.10. The molecule has 3 aromatic carbocycles. The number of rotatable bonds is 7. The van der Waals surface area contributed by atoms with Gasteiger partial charge in [0.25, 0.3) is 5.91 Å². The van der Waals surface area contributed by atoms with Crippen molar-refractivity contribution in [1.82, 2.24) is 0 Å². The molecule has 2 N–H and O–H groups in total. The lowest BCUT2D eigenvalue weighted by Crippen LogP contribution is -2.14. The van der Waals surface area contributed by atoms with Gasteiger partial charge in [0.2, 0.25) is 5.91 Å². The maximum absolute atomic E-state index is 12.9. The number of hydrogen-bond donors (Lipinski definition) is 2. The number of carbonyl (C=O) groups excluding carboxylic acids is 2. The van der Waals surface area contributed by atoms with Crippen molar-refractivity contribution in [1.29, 1.82) is 0 Å². The number of halogens is 3. The van der Waals surface area contributed by atoms with Crippen molar-refractivity contribution in [3.63, 3.8) is 0 Å². The van der Waals surface area contributed by atoms with E-state index >= 15 is 0 Å². The van der Waals surface area contributed by atoms with Crippen molar-refractivity contribution >= 4 is 29.3 Å². The number of methoxy groups -OCH3 is 2. The van der Waals surface area contributed by atoms with Gasteiger partial charge in [0.1, 0.15) is 0 Å². The molecule has 2 amide bonds. The highest BCUT2D eigenvalue weighted by atomic mass is 19.4. The Morgan fingerprint density at radius 3 is 2.18 bits per heavy atom. The van der Waals surface area contributed by atoms with Gasteiger partial charge < -0.3 is 20.1 Å². The zero-order valence-electron chi connectivity index (χ0n) is 18.3. The molecule has 0 spiro atoms. The topological polar surface area (TPSA) is 76.7 Å². The first-order valence-corrected chi connectivity index (χ1v) is 9.99. The number of amides is 2. The molecule has 0 aliphatic carbocycles. The van der Waals surface area contributed by atoms with Crippen LogP contribution < -0.4 is 20.1 Å². The monoisotopic (exact) mass is 470 g/mol. The zero-order valence-corrected chi connectivity index (χ0v) is 18.3. The predicted molar refractivity (Wildman–Crippen MR) is 123 cm³/mol. The van der Waals surface area contributed by atoms with Gasteiger partial charge in [0.05, 0.1) is 19.8 Å². The number of benzene rings is 3. The van der Waals surface area contributed by atoms with E-state index in [2.05, 4.69) is 10.6 Å². The summed E-state index contributed by atoms with van der Waals surface area (Å²) >= 11 is 0. The maximum Gasteiger partial charge on any atom is 0.416 e. The number of carbonyl (C=O) groups is 2. The van der Waals surface area contributed by atoms with Crippen LogP contribution in [0.5, 0.6) is 11.5 Å². The van der Waals surface area contributed by atoms with Gasteiger partial charge in [-0.05, 0) is 60.2 Å². The van der Waals surface area contributed by atoms with Crippen LogP contribution in [0.15, 0.2) is 72.8 Å². The Morgan fingerprint density at radius 1 is 0.824 bits per heavy atom. The SMILES string of the molecule is COc1ccc(/C=C/C(=O)Nc2cccc(C(=O)Nc3cccc(C(F)(F)F)c3)c2)cc1OC. The van der Waals surface area contributed by atoms with E-state index in [1.54, 1.807) is 36.4 Å². The lowest BCUT2D eigenvalue weighted by molar-refractivity contribution is -0.137. The minimum Gasteiger partial charge on any atom is -0.493 e. The number of hydrogen-bond acceptors (Lipinski definition) is 4. The second kappa shape index (κ2) is 10.6. The van der Waals surface area contributed by atoms with Gasteiger partial charge in [-0.15, -0.1) is 0 Å². The molecule has 0 radical (unpaired) electrons. The van der Waals surface area contributed by atoms with Crippen LogP contribution in [0.1, 0.15) is 21.5 Å². The fraction of sp³-hybridized carbons (Fsp3) is 0.120. The van der Waals surface area contributed by atoms with Gasteiger partial charge in [-0.25, -0.2) is 0 Å². The Hall–Kier alpha value is -4.27. The summed E-state index contributed by atoms with van der Waals surface area (Å²) in [6.07, 6.45) is -1.62. The quantitative estimate of drug-likeness (QED) is 0.439. The van der Waals surface area contributed by atoms with Crippen molar-refractivity contribution in [3.05, 3.63) is 89.5 Å². The molecule has 176 valence electrons. The molecule has 0 saturated carbocycles. The molecule has 0 aliphatic rings. The van der Waals surface area contributed by atoms with Crippen molar-refractivity contribution in [2.45, 2.75) is 6.18 Å². The van der Waals surface area contributed by atoms with Crippen LogP contribution in [0.2, 0.25) is 0 Å². The first kappa shape index (κ1) is 24.4. The van der Waals surface area contributed by atoms with Crippen molar-refractivity contribution in [2.24, 2.45) is 0 Å². The molecule has 0 bridgehead atoms. The molecule has 0 saturated heterocycles. The predicted octanol–water partition coefficient (Wildman–Crippen LogP) is 5.63. The van der Waals surface area contributed by atoms with Gasteiger partial charge >= 0.3 is 6.18 Å². The largest absolute Gasteiger partial charge is 0.493 e. The molecule has 6 nitrogen and oxygen atoms in total. The summed E-state index contributed by atoms with van der Waals surface area (Å²) in [4.78, 5) is 24.8. The van der Waals surface area contributed by atoms with Crippen molar-refractivity contribution in [2.75, 3.05) is 24.9 Å². The minimum atomic E-state index is -4.52. The average molecular weight is 470 g/mol. The second-order valence-electron chi connectivity index (χ2n) is 7.05. The van der Waals surface area contributed by atoms with Gasteiger partial charge in [-0.2, -0.15) is 13.2 Å². The highest BCUT2D eigenvalue weighted by Gasteiger charge is 2.30. The van der Waals surface area contributed by atoms with Crippen LogP contribution in [0, 0.1) is 0 Å². The van der Waals surface area contributed by atoms with E-state index in [0.29, 0.717) is 22.7 Å². The van der Waals surface area contributed by atoms with Gasteiger partial charge in [0.15, 0.2) is 11.5 Å². The van der Waals surface area contributed by atoms with E-state index in [1.807, 2.05) is 0 Å². The van der Waals surface area contributed by atoms with E-state index in [-0.39, 0.29) is 11.3 Å². The molecule has 0 atom stereocenters. The molecule has 3 rings (SSSR count). The first-order valence-electron chi connectivity index (χ1n) is 9.99. The highest BCUT2D eigenvalue weighted by Crippen LogP contribution is 2.31. The Kier molecular flexibility index (Phi) is 7.57. The summed E-state index contributed by atoms with van der Waals surface area (Å²) in [6.45, 7) is 0. The van der Waals surface area contributed by atoms with Gasteiger partial charge in [-0.1, -0.05) is 18.2 Å². The molecule has 3 aromatic rings. The summed E-state index contributed by atoms with van der Waals surface area (Å²) in [6, 6.07) is 15.6. The van der Waals surface area contributed by atoms with Gasteiger partial charge in [-0.3, -0.25) is 9.59 Å². The molecule has 34 heavy (non-hydrogen) atoms. The minimum absolute atomic E-state index is 0.00659. The molecule has 0 aliphatic heterocycles. The fourth-order valence-electron chi connectivity index (χ4n) is 3.03. The molecule has 0 aromatic heterocycles. The standard InChI is InChI=1S/C25H21F3N2O4/c1-33-21-11-9-16(13-22(21)34-2)10-12-23(31)29-19-7-3-5-17(14-19)24(32)30-20-8-4-6-18(15-20)25(26,27)28/h3-15H,1-2H3,(H,29,31)(H,30,32)/b12-10+. The van der Waals surface area contributed by atoms with E-state index in [0.717, 1.165) is 12.1 Å². The Morgan fingerprint density at radius 2 is 1.50 bits per heavy atom. The van der Waals surface area contributed by atoms with Crippen molar-refractivity contribution in [3.8, 4) is 11.5 Å². The van der Waals surface area contributed by atoms with Crippen LogP contribution >= 0.6 is 0 Å². The van der Waals surface area contributed by atoms with E-state index in [1.165, 1.54) is 44.6 Å². The Balaban J connectivity index is 1.67. The van der Waals surface area contributed by atoms with Gasteiger partial charge in [0, 0.05) is 23.0 Å². The number of nitrogens with one attached hydrogen (secondary N) is 2. The average Bonchev–Trinajstić information content (AvgIpc) is 2.82. The third-order valence-corrected chi connectivity index (χ3v) is 4.67. The molecule has 0 heterocycles. The normalized spacial score (nSPS) is 11.2. The summed E-state index contributed by atoms with van der Waals surface area (Å²) in [5.41, 5.74) is 0.361. The molecule has 9 heteroatoms. The van der Waals surface area contributed by atoms with Crippen LogP contribution in [0.4, 0.5) is 24.5 Å². The van der Waals surface area contributed by atoms with Crippen LogP contribution in [-0.2, 0) is 11.0 Å². The van der Waals surface area contributed by atoms with E-state index in [9.17, 15) is 22.8 Å². The first-order chi connectivity index (χ1) is 16.2. The Bertz CT molecular complexity index is 1220. The summed E-state index contributed by atoms with van der Waals surface area (Å²) < 4.78 is 49.0. The lowest BCUT2D eigenvalue weighted by atomic mass is 10.1. The van der Waals surface area contributed by atoms with E-state index < -0.39 is 23.6 Å². The zero-order chi connectivity index (χ0) is 24.7. The molecule has 0 fully saturated rings. The third kappa shape index (κ3) is 6.38. The van der Waals surface area contributed by atoms with Crippen LogP contribution in [0.25, 0.3) is 6.08 Å². The maximum atomic E-state index is 12.9. The Labute approximate surface area is 194 Å². The summed E-state index contributed by atoms with van der Waals surface area (Å²) in [5, 5.41) is 5.07. The number of ether oxygens (including phenoxy) is 2.